The molecule has 0 atom stereocenters. The average Bonchev–Trinajstić information content (AvgIpc) is 2.15. The van der Waals surface area contributed by atoms with Crippen molar-refractivity contribution in [2.45, 2.75) is 38.1 Å². The largest absolute Gasteiger partial charge is 0.480 e. The molecule has 13 heavy (non-hydrogen) atoms. The lowest BCUT2D eigenvalue weighted by atomic mass is 9.94. The zero-order chi connectivity index (χ0) is 9.68. The summed E-state index contributed by atoms with van der Waals surface area (Å²) in [6, 6.07) is 0.155. The molecule has 1 saturated carbocycles. The van der Waals surface area contributed by atoms with Gasteiger partial charge in [-0.25, -0.2) is 0 Å². The Bertz CT molecular complexity index is 187. The smallest absolute Gasteiger partial charge is 0.323 e. The fourth-order valence-electron chi connectivity index (χ4n) is 1.82. The number of amides is 1. The molecule has 1 amide bonds. The summed E-state index contributed by atoms with van der Waals surface area (Å²) in [5, 5.41) is 8.55. The van der Waals surface area contributed by atoms with Crippen molar-refractivity contribution in [2.75, 3.05) is 6.54 Å². The maximum atomic E-state index is 10.6. The Labute approximate surface area is 77.5 Å². The van der Waals surface area contributed by atoms with Gasteiger partial charge in [-0.15, -0.1) is 0 Å². The third-order valence-electron chi connectivity index (χ3n) is 2.50. The van der Waals surface area contributed by atoms with E-state index in [1.165, 1.54) is 11.3 Å². The zero-order valence-electron chi connectivity index (χ0n) is 7.61. The van der Waals surface area contributed by atoms with Crippen molar-refractivity contribution < 1.29 is 14.7 Å². The second kappa shape index (κ2) is 4.84. The highest BCUT2D eigenvalue weighted by Gasteiger charge is 2.21. The molecular weight excluding hydrogens is 170 g/mol. The topological polar surface area (TPSA) is 57.6 Å². The van der Waals surface area contributed by atoms with E-state index in [1.54, 1.807) is 0 Å². The third kappa shape index (κ3) is 3.05. The molecule has 0 heterocycles. The van der Waals surface area contributed by atoms with Crippen LogP contribution in [-0.4, -0.2) is 35.0 Å². The van der Waals surface area contributed by atoms with Crippen molar-refractivity contribution in [2.24, 2.45) is 0 Å². The average molecular weight is 185 g/mol. The highest BCUT2D eigenvalue weighted by atomic mass is 16.4. The van der Waals surface area contributed by atoms with Crippen LogP contribution in [0.2, 0.25) is 0 Å². The first-order valence-corrected chi connectivity index (χ1v) is 4.67. The molecule has 0 radical (unpaired) electrons. The second-order valence-electron chi connectivity index (χ2n) is 3.46. The summed E-state index contributed by atoms with van der Waals surface area (Å²) < 4.78 is 0. The molecule has 1 aliphatic rings. The van der Waals surface area contributed by atoms with Crippen LogP contribution < -0.4 is 0 Å². The number of hydrogen-bond donors (Lipinski definition) is 1. The van der Waals surface area contributed by atoms with E-state index in [0.29, 0.717) is 6.41 Å². The van der Waals surface area contributed by atoms with Crippen molar-refractivity contribution in [3.8, 4) is 0 Å². The van der Waals surface area contributed by atoms with E-state index >= 15 is 0 Å². The summed E-state index contributed by atoms with van der Waals surface area (Å²) in [6.07, 6.45) is 5.97. The lowest BCUT2D eigenvalue weighted by Gasteiger charge is -2.29. The van der Waals surface area contributed by atoms with E-state index in [4.69, 9.17) is 5.11 Å². The molecule has 0 aliphatic heterocycles. The predicted molar refractivity (Wildman–Crippen MR) is 47.3 cm³/mol. The van der Waals surface area contributed by atoms with Gasteiger partial charge in [-0.1, -0.05) is 19.3 Å². The fourth-order valence-corrected chi connectivity index (χ4v) is 1.82. The van der Waals surface area contributed by atoms with Gasteiger partial charge in [0, 0.05) is 6.04 Å². The third-order valence-corrected chi connectivity index (χ3v) is 2.50. The molecule has 1 N–H and O–H groups in total. The number of rotatable bonds is 4. The minimum Gasteiger partial charge on any atom is -0.480 e. The summed E-state index contributed by atoms with van der Waals surface area (Å²) in [5.41, 5.74) is 0. The zero-order valence-corrected chi connectivity index (χ0v) is 7.61. The van der Waals surface area contributed by atoms with Gasteiger partial charge < -0.3 is 10.0 Å². The van der Waals surface area contributed by atoms with Gasteiger partial charge in [-0.05, 0) is 12.8 Å². The summed E-state index contributed by atoms with van der Waals surface area (Å²) in [4.78, 5) is 22.4. The molecule has 4 nitrogen and oxygen atoms in total. The number of nitrogens with zero attached hydrogens (tertiary/aromatic N) is 1. The molecule has 4 heteroatoms. The highest BCUT2D eigenvalue weighted by molar-refractivity contribution is 5.72. The Morgan fingerprint density at radius 3 is 2.46 bits per heavy atom. The van der Waals surface area contributed by atoms with Gasteiger partial charge in [0.1, 0.15) is 6.54 Å². The van der Waals surface area contributed by atoms with Gasteiger partial charge in [0.25, 0.3) is 0 Å². The molecule has 1 aliphatic carbocycles. The maximum absolute atomic E-state index is 10.6. The van der Waals surface area contributed by atoms with Crippen LogP contribution in [0.25, 0.3) is 0 Å². The Morgan fingerprint density at radius 1 is 1.38 bits per heavy atom. The number of carbonyl (C=O) groups excluding carboxylic acids is 1. The molecule has 0 spiro atoms. The van der Waals surface area contributed by atoms with E-state index in [0.717, 1.165) is 25.7 Å². The molecule has 0 saturated heterocycles. The Balaban J connectivity index is 2.43. The van der Waals surface area contributed by atoms with Crippen molar-refractivity contribution in [1.29, 1.82) is 0 Å². The molecule has 0 unspecified atom stereocenters. The first-order valence-electron chi connectivity index (χ1n) is 4.67. The van der Waals surface area contributed by atoms with Crippen LogP contribution in [0.15, 0.2) is 0 Å². The minimum absolute atomic E-state index is 0.155. The van der Waals surface area contributed by atoms with E-state index in [-0.39, 0.29) is 12.6 Å². The molecule has 0 aromatic carbocycles. The van der Waals surface area contributed by atoms with Crippen LogP contribution >= 0.6 is 0 Å². The Morgan fingerprint density at radius 2 is 2.00 bits per heavy atom. The van der Waals surface area contributed by atoms with Gasteiger partial charge in [-0.3, -0.25) is 9.59 Å². The minimum atomic E-state index is -0.933. The Hall–Kier alpha value is -1.06. The first kappa shape index (κ1) is 10.0. The van der Waals surface area contributed by atoms with E-state index in [2.05, 4.69) is 0 Å². The van der Waals surface area contributed by atoms with Crippen LogP contribution in [0.5, 0.6) is 0 Å². The van der Waals surface area contributed by atoms with Gasteiger partial charge in [0.15, 0.2) is 0 Å². The van der Waals surface area contributed by atoms with Crippen LogP contribution in [0, 0.1) is 0 Å². The van der Waals surface area contributed by atoms with Crippen LogP contribution in [0.4, 0.5) is 0 Å². The molecule has 0 aromatic rings. The normalized spacial score (nSPS) is 18.2. The van der Waals surface area contributed by atoms with Crippen LogP contribution in [0.3, 0.4) is 0 Å². The molecule has 0 bridgehead atoms. The van der Waals surface area contributed by atoms with Crippen molar-refractivity contribution in [3.63, 3.8) is 0 Å². The summed E-state index contributed by atoms with van der Waals surface area (Å²) in [6.45, 7) is -0.159. The fraction of sp³-hybridized carbons (Fsp3) is 0.778. The van der Waals surface area contributed by atoms with Crippen molar-refractivity contribution in [3.05, 3.63) is 0 Å². The van der Waals surface area contributed by atoms with Gasteiger partial charge in [-0.2, -0.15) is 0 Å². The molecule has 74 valence electrons. The maximum Gasteiger partial charge on any atom is 0.323 e. The number of hydrogen-bond acceptors (Lipinski definition) is 2. The van der Waals surface area contributed by atoms with Crippen LogP contribution in [0.1, 0.15) is 32.1 Å². The second-order valence-corrected chi connectivity index (χ2v) is 3.46. The standard InChI is InChI=1S/C9H15NO3/c11-7-10(6-9(12)13)8-4-2-1-3-5-8/h7-8H,1-6H2,(H,12,13). The van der Waals surface area contributed by atoms with Crippen molar-refractivity contribution >= 4 is 12.4 Å². The van der Waals surface area contributed by atoms with Crippen molar-refractivity contribution in [1.82, 2.24) is 4.90 Å². The van der Waals surface area contributed by atoms with E-state index in [1.807, 2.05) is 0 Å². The summed E-state index contributed by atoms with van der Waals surface area (Å²) in [7, 11) is 0. The Kier molecular flexibility index (Phi) is 3.73. The number of carbonyl (C=O) groups is 2. The lowest BCUT2D eigenvalue weighted by Crippen LogP contribution is -2.39. The molecule has 1 fully saturated rings. The highest BCUT2D eigenvalue weighted by Crippen LogP contribution is 2.21. The number of carboxylic acids is 1. The summed E-state index contributed by atoms with van der Waals surface area (Å²) >= 11 is 0. The van der Waals surface area contributed by atoms with E-state index in [9.17, 15) is 9.59 Å². The van der Waals surface area contributed by atoms with Gasteiger partial charge >= 0.3 is 5.97 Å². The molecule has 1 rings (SSSR count). The number of carboxylic acid groups (broad SMARTS) is 1. The molecule has 0 aromatic heterocycles. The monoisotopic (exact) mass is 185 g/mol. The first-order chi connectivity index (χ1) is 6.24. The van der Waals surface area contributed by atoms with Gasteiger partial charge in [0.05, 0.1) is 0 Å². The molecular formula is C9H15NO3. The van der Waals surface area contributed by atoms with Crippen LogP contribution in [-0.2, 0) is 9.59 Å². The SMILES string of the molecule is O=CN(CC(=O)O)C1CCCCC1. The quantitative estimate of drug-likeness (QED) is 0.661. The predicted octanol–water partition coefficient (Wildman–Crippen LogP) is 0.862. The van der Waals surface area contributed by atoms with E-state index < -0.39 is 5.97 Å². The number of aliphatic carboxylic acids is 1. The van der Waals surface area contributed by atoms with Gasteiger partial charge in [0.2, 0.25) is 6.41 Å². The lowest BCUT2D eigenvalue weighted by molar-refractivity contribution is -0.142. The summed E-state index contributed by atoms with van der Waals surface area (Å²) in [5.74, 6) is -0.933.